The summed E-state index contributed by atoms with van der Waals surface area (Å²) in [5.41, 5.74) is 10.0. The molecular weight excluding hydrogens is 310 g/mol. The van der Waals surface area contributed by atoms with Crippen molar-refractivity contribution in [3.8, 4) is 0 Å². The van der Waals surface area contributed by atoms with Gasteiger partial charge in [-0.1, -0.05) is 11.6 Å². The molecule has 7 heteroatoms. The first-order chi connectivity index (χ1) is 5.65. The van der Waals surface area contributed by atoms with E-state index >= 15 is 0 Å². The summed E-state index contributed by atoms with van der Waals surface area (Å²) in [5.74, 6) is 0. The molecule has 0 bridgehead atoms. The molecule has 0 saturated carbocycles. The zero-order valence-corrected chi connectivity index (χ0v) is 13.8. The minimum Gasteiger partial charge on any atom is -1.00 e. The third kappa shape index (κ3) is 5.70. The van der Waals surface area contributed by atoms with Crippen molar-refractivity contribution in [3.05, 3.63) is 28.4 Å². The zero-order chi connectivity index (χ0) is 9.14. The van der Waals surface area contributed by atoms with Crippen LogP contribution in [0.4, 0.5) is 0 Å². The van der Waals surface area contributed by atoms with Gasteiger partial charge in [-0.3, -0.25) is 0 Å². The van der Waals surface area contributed by atoms with E-state index in [4.69, 9.17) is 17.1 Å². The Morgan fingerprint density at radius 1 is 1.33 bits per heavy atom. The first kappa shape index (κ1) is 20.6. The molecule has 0 heterocycles. The third-order valence-electron chi connectivity index (χ3n) is 1.66. The largest absolute Gasteiger partial charge is 2.00 e. The minimum absolute atomic E-state index is 0. The number of hydrogen-bond donors (Lipinski definition) is 0. The molecule has 0 unspecified atom stereocenters. The van der Waals surface area contributed by atoms with Gasteiger partial charge in [0.1, 0.15) is 0 Å². The van der Waals surface area contributed by atoms with Crippen LogP contribution >= 0.6 is 11.6 Å². The average Bonchev–Trinajstić information content (AvgIpc) is 2.03. The number of halogens is 3. The fraction of sp³-hybridized carbons (Fsp3) is 0.375. The Morgan fingerprint density at radius 3 is 2.20 bits per heavy atom. The number of likely N-dealkylation sites (N-methyl/N-ethyl adjacent to an activating group) is 1. The Labute approximate surface area is 120 Å². The standard InChI is InChI=1S/C8H10ClN3.2ClH.Zn/c1-12(2)8-4-3-6(11-10)5-7(8)9;;;/h3-4H,5H2,1-2H3;2*1H;/q;;;+2/p-2. The van der Waals surface area contributed by atoms with Gasteiger partial charge in [0.05, 0.1) is 17.2 Å². The van der Waals surface area contributed by atoms with Crippen molar-refractivity contribution in [1.29, 1.82) is 0 Å². The second-order valence-corrected chi connectivity index (χ2v) is 3.24. The molecule has 3 nitrogen and oxygen atoms in total. The van der Waals surface area contributed by atoms with Crippen molar-refractivity contribution < 1.29 is 49.1 Å². The minimum atomic E-state index is 0. The Hall–Kier alpha value is 0.153. The van der Waals surface area contributed by atoms with Crippen molar-refractivity contribution in [2.75, 3.05) is 14.1 Å². The van der Waals surface area contributed by atoms with Gasteiger partial charge >= 0.3 is 19.5 Å². The van der Waals surface area contributed by atoms with Crippen LogP contribution in [0.1, 0.15) is 6.42 Å². The number of hydrogen-bond acceptors (Lipinski definition) is 1. The molecule has 0 amide bonds. The zero-order valence-electron chi connectivity index (χ0n) is 8.54. The van der Waals surface area contributed by atoms with Gasteiger partial charge in [-0.05, 0) is 6.08 Å². The van der Waals surface area contributed by atoms with Gasteiger partial charge < -0.3 is 35.2 Å². The first-order valence-electron chi connectivity index (χ1n) is 3.60. The second-order valence-electron chi connectivity index (χ2n) is 2.79. The molecule has 1 rings (SSSR count). The molecule has 0 aromatic carbocycles. The summed E-state index contributed by atoms with van der Waals surface area (Å²) in [4.78, 5) is 5.01. The Balaban J connectivity index is -0.000000480. The predicted octanol–water partition coefficient (Wildman–Crippen LogP) is -4.37. The van der Waals surface area contributed by atoms with E-state index in [1.807, 2.05) is 25.1 Å². The van der Waals surface area contributed by atoms with Gasteiger partial charge in [-0.15, -0.1) is 0 Å². The van der Waals surface area contributed by atoms with Crippen LogP contribution in [0.3, 0.4) is 0 Å². The van der Waals surface area contributed by atoms with E-state index in [0.29, 0.717) is 17.2 Å². The molecule has 0 radical (unpaired) electrons. The van der Waals surface area contributed by atoms with Gasteiger partial charge in [-0.2, -0.15) is 4.79 Å². The van der Waals surface area contributed by atoms with Gasteiger partial charge in [0.15, 0.2) is 0 Å². The maximum absolute atomic E-state index is 8.48. The topological polar surface area (TPSA) is 39.6 Å². The van der Waals surface area contributed by atoms with E-state index in [1.54, 1.807) is 6.08 Å². The van der Waals surface area contributed by atoms with Crippen LogP contribution in [0.25, 0.3) is 5.53 Å². The van der Waals surface area contributed by atoms with Gasteiger partial charge in [0.25, 0.3) is 5.71 Å². The quantitative estimate of drug-likeness (QED) is 0.273. The number of allylic oxidation sites excluding steroid dienone is 3. The van der Waals surface area contributed by atoms with Crippen LogP contribution in [-0.2, 0) is 19.5 Å². The smallest absolute Gasteiger partial charge is 1.00 e. The summed E-state index contributed by atoms with van der Waals surface area (Å²) in [6.45, 7) is 0. The summed E-state index contributed by atoms with van der Waals surface area (Å²) < 4.78 is 0. The maximum Gasteiger partial charge on any atom is 2.00 e. The summed E-state index contributed by atoms with van der Waals surface area (Å²) in [7, 11) is 3.84. The fourth-order valence-electron chi connectivity index (χ4n) is 1.03. The van der Waals surface area contributed by atoms with E-state index in [0.717, 1.165) is 5.70 Å². The molecule has 0 N–H and O–H groups in total. The molecule has 1 aliphatic rings. The Morgan fingerprint density at radius 2 is 1.87 bits per heavy atom. The van der Waals surface area contributed by atoms with E-state index < -0.39 is 0 Å². The van der Waals surface area contributed by atoms with E-state index in [-0.39, 0.29) is 44.3 Å². The fourth-order valence-corrected chi connectivity index (χ4v) is 1.40. The monoisotopic (exact) mass is 317 g/mol. The second kappa shape index (κ2) is 9.38. The average molecular weight is 320 g/mol. The summed E-state index contributed by atoms with van der Waals surface area (Å²) in [5, 5.41) is 0.704. The Kier molecular flexibility index (Phi) is 12.9. The number of nitrogens with zero attached hydrogens (tertiary/aromatic N) is 3. The third-order valence-corrected chi connectivity index (χ3v) is 1.99. The summed E-state index contributed by atoms with van der Waals surface area (Å²) in [6, 6.07) is 0. The van der Waals surface area contributed by atoms with Crippen LogP contribution in [0.5, 0.6) is 0 Å². The van der Waals surface area contributed by atoms with Gasteiger partial charge in [0.2, 0.25) is 0 Å². The van der Waals surface area contributed by atoms with E-state index in [9.17, 15) is 0 Å². The van der Waals surface area contributed by atoms with E-state index in [2.05, 4.69) is 4.79 Å². The van der Waals surface area contributed by atoms with Crippen LogP contribution in [-0.4, -0.2) is 29.5 Å². The number of rotatable bonds is 1. The van der Waals surface area contributed by atoms with Crippen molar-refractivity contribution in [2.24, 2.45) is 0 Å². The first-order valence-corrected chi connectivity index (χ1v) is 3.98. The SMILES string of the molecule is CN(C)C1=C(Cl)CC(=[N+]=[N-])C=C1.[Cl-].[Cl-].[Zn+2]. The molecule has 0 aliphatic heterocycles. The summed E-state index contributed by atoms with van der Waals surface area (Å²) in [6.07, 6.45) is 4.09. The molecule has 0 atom stereocenters. The van der Waals surface area contributed by atoms with Gasteiger partial charge in [0, 0.05) is 20.2 Å². The van der Waals surface area contributed by atoms with Crippen LogP contribution < -0.4 is 24.8 Å². The predicted molar refractivity (Wildman–Crippen MR) is 48.9 cm³/mol. The molecule has 0 saturated heterocycles. The van der Waals surface area contributed by atoms with E-state index in [1.165, 1.54) is 0 Å². The molecule has 0 spiro atoms. The molecule has 0 aromatic heterocycles. The summed E-state index contributed by atoms with van der Waals surface area (Å²) >= 11 is 5.95. The van der Waals surface area contributed by atoms with Crippen molar-refractivity contribution in [3.63, 3.8) is 0 Å². The molecular formula is C8H10Cl3N3Zn. The van der Waals surface area contributed by atoms with Gasteiger partial charge in [-0.25, -0.2) is 0 Å². The molecule has 0 fully saturated rings. The van der Waals surface area contributed by atoms with Crippen LogP contribution in [0.15, 0.2) is 22.9 Å². The molecule has 80 valence electrons. The molecule has 1 aliphatic carbocycles. The maximum atomic E-state index is 8.48. The normalized spacial score (nSPS) is 13.1. The van der Waals surface area contributed by atoms with Crippen LogP contribution in [0, 0.1) is 0 Å². The van der Waals surface area contributed by atoms with Crippen molar-refractivity contribution in [2.45, 2.75) is 6.42 Å². The van der Waals surface area contributed by atoms with Crippen LogP contribution in [0.2, 0.25) is 0 Å². The Bertz CT molecular complexity index is 306. The van der Waals surface area contributed by atoms with Crippen molar-refractivity contribution in [1.82, 2.24) is 4.90 Å². The molecule has 15 heavy (non-hydrogen) atoms. The van der Waals surface area contributed by atoms with Crippen molar-refractivity contribution >= 4 is 17.3 Å². The molecule has 0 aromatic rings.